The second-order valence-electron chi connectivity index (χ2n) is 6.60. The van der Waals surface area contributed by atoms with E-state index in [9.17, 15) is 13.2 Å². The Morgan fingerprint density at radius 1 is 1.04 bits per heavy atom. The lowest BCUT2D eigenvalue weighted by atomic mass is 10.1. The molecule has 0 atom stereocenters. The van der Waals surface area contributed by atoms with E-state index in [1.165, 1.54) is 10.4 Å². The second kappa shape index (κ2) is 9.21. The van der Waals surface area contributed by atoms with Gasteiger partial charge in [-0.25, -0.2) is 8.42 Å². The number of sulfonamides is 1. The summed E-state index contributed by atoms with van der Waals surface area (Å²) >= 11 is 0. The first kappa shape index (κ1) is 21.9. The van der Waals surface area contributed by atoms with Gasteiger partial charge in [0.25, 0.3) is 5.91 Å². The van der Waals surface area contributed by atoms with E-state index < -0.39 is 10.0 Å². The molecule has 0 spiro atoms. The molecule has 0 aliphatic rings. The Kier molecular flexibility index (Phi) is 7.21. The van der Waals surface area contributed by atoms with E-state index in [0.717, 1.165) is 16.7 Å². The first-order chi connectivity index (χ1) is 13.2. The molecule has 1 N–H and O–H groups in total. The molecular formula is C21H28N2O4S. The van der Waals surface area contributed by atoms with Gasteiger partial charge in [-0.15, -0.1) is 0 Å². The standard InChI is InChI=1S/C21H28N2O4S/c1-6-23(7-2)28(25,26)18-12-16(4)17(5)19(13-18)22-21(24)14-27-20-11-9-8-10-15(20)3/h8-13H,6-7,14H2,1-5H3,(H,22,24). The van der Waals surface area contributed by atoms with Gasteiger partial charge in [0, 0.05) is 18.8 Å². The van der Waals surface area contributed by atoms with Crippen LogP contribution in [0.4, 0.5) is 5.69 Å². The van der Waals surface area contributed by atoms with Crippen molar-refractivity contribution in [3.8, 4) is 5.75 Å². The van der Waals surface area contributed by atoms with Crippen molar-refractivity contribution in [2.24, 2.45) is 0 Å². The van der Waals surface area contributed by atoms with Gasteiger partial charge >= 0.3 is 0 Å². The summed E-state index contributed by atoms with van der Waals surface area (Å²) in [7, 11) is -3.61. The number of hydrogen-bond acceptors (Lipinski definition) is 4. The molecule has 0 radical (unpaired) electrons. The molecule has 0 unspecified atom stereocenters. The van der Waals surface area contributed by atoms with Crippen molar-refractivity contribution < 1.29 is 17.9 Å². The first-order valence-electron chi connectivity index (χ1n) is 9.30. The maximum Gasteiger partial charge on any atom is 0.262 e. The Morgan fingerprint density at radius 3 is 2.29 bits per heavy atom. The highest BCUT2D eigenvalue weighted by atomic mass is 32.2. The molecule has 28 heavy (non-hydrogen) atoms. The Hall–Kier alpha value is -2.38. The van der Waals surface area contributed by atoms with Crippen LogP contribution in [-0.2, 0) is 14.8 Å². The van der Waals surface area contributed by atoms with Gasteiger partial charge in [-0.05, 0) is 55.7 Å². The summed E-state index contributed by atoms with van der Waals surface area (Å²) in [5.74, 6) is 0.298. The molecule has 152 valence electrons. The number of rotatable bonds is 8. The SMILES string of the molecule is CCN(CC)S(=O)(=O)c1cc(C)c(C)c(NC(=O)COc2ccccc2C)c1. The van der Waals surface area contributed by atoms with Crippen LogP contribution in [0, 0.1) is 20.8 Å². The van der Waals surface area contributed by atoms with Gasteiger partial charge in [-0.1, -0.05) is 32.0 Å². The van der Waals surface area contributed by atoms with E-state index in [0.29, 0.717) is 24.5 Å². The summed E-state index contributed by atoms with van der Waals surface area (Å²) < 4.78 is 32.6. The van der Waals surface area contributed by atoms with Crippen LogP contribution in [0.3, 0.4) is 0 Å². The lowest BCUT2D eigenvalue weighted by molar-refractivity contribution is -0.118. The Bertz CT molecular complexity index is 951. The van der Waals surface area contributed by atoms with Crippen LogP contribution in [0.25, 0.3) is 0 Å². The van der Waals surface area contributed by atoms with Crippen molar-refractivity contribution >= 4 is 21.6 Å². The molecule has 0 aliphatic carbocycles. The van der Waals surface area contributed by atoms with Gasteiger partial charge in [0.05, 0.1) is 4.90 Å². The monoisotopic (exact) mass is 404 g/mol. The minimum absolute atomic E-state index is 0.156. The third-order valence-corrected chi connectivity index (χ3v) is 6.74. The zero-order valence-corrected chi connectivity index (χ0v) is 17.9. The molecule has 0 aromatic heterocycles. The summed E-state index contributed by atoms with van der Waals surface area (Å²) in [5.41, 5.74) is 3.03. The fraction of sp³-hybridized carbons (Fsp3) is 0.381. The van der Waals surface area contributed by atoms with Gasteiger partial charge in [-0.3, -0.25) is 4.79 Å². The predicted molar refractivity (Wildman–Crippen MR) is 111 cm³/mol. The van der Waals surface area contributed by atoms with Gasteiger partial charge in [0.15, 0.2) is 6.61 Å². The van der Waals surface area contributed by atoms with Gasteiger partial charge in [0.2, 0.25) is 10.0 Å². The third-order valence-electron chi connectivity index (χ3n) is 4.71. The second-order valence-corrected chi connectivity index (χ2v) is 8.54. The molecule has 7 heteroatoms. The zero-order chi connectivity index (χ0) is 20.9. The Morgan fingerprint density at radius 2 is 1.68 bits per heavy atom. The number of hydrogen-bond donors (Lipinski definition) is 1. The van der Waals surface area contributed by atoms with Crippen LogP contribution >= 0.6 is 0 Å². The summed E-state index contributed by atoms with van der Waals surface area (Å²) in [6.07, 6.45) is 0. The fourth-order valence-corrected chi connectivity index (χ4v) is 4.44. The molecule has 2 aromatic rings. The highest BCUT2D eigenvalue weighted by molar-refractivity contribution is 7.89. The highest BCUT2D eigenvalue weighted by Crippen LogP contribution is 2.26. The average Bonchev–Trinajstić information content (AvgIpc) is 2.65. The minimum atomic E-state index is -3.61. The first-order valence-corrected chi connectivity index (χ1v) is 10.7. The summed E-state index contributed by atoms with van der Waals surface area (Å²) in [6, 6.07) is 10.6. The number of nitrogens with one attached hydrogen (secondary N) is 1. The molecule has 0 saturated heterocycles. The molecule has 0 aliphatic heterocycles. The number of para-hydroxylation sites is 1. The van der Waals surface area contributed by atoms with Crippen LogP contribution < -0.4 is 10.1 Å². The maximum absolute atomic E-state index is 12.8. The number of ether oxygens (including phenoxy) is 1. The summed E-state index contributed by atoms with van der Waals surface area (Å²) in [5, 5.41) is 2.78. The number of amides is 1. The van der Waals surface area contributed by atoms with E-state index >= 15 is 0 Å². The number of nitrogens with zero attached hydrogens (tertiary/aromatic N) is 1. The molecule has 0 fully saturated rings. The average molecular weight is 405 g/mol. The number of aryl methyl sites for hydroxylation is 2. The van der Waals surface area contributed by atoms with Crippen molar-refractivity contribution in [3.05, 3.63) is 53.1 Å². The smallest absolute Gasteiger partial charge is 0.262 e. The maximum atomic E-state index is 12.8. The summed E-state index contributed by atoms with van der Waals surface area (Å²) in [4.78, 5) is 12.5. The molecule has 6 nitrogen and oxygen atoms in total. The van der Waals surface area contributed by atoms with Crippen molar-refractivity contribution in [1.29, 1.82) is 0 Å². The molecule has 2 aromatic carbocycles. The van der Waals surface area contributed by atoms with Crippen molar-refractivity contribution in [3.63, 3.8) is 0 Å². The lowest BCUT2D eigenvalue weighted by Crippen LogP contribution is -2.31. The molecule has 0 saturated carbocycles. The summed E-state index contributed by atoms with van der Waals surface area (Å²) in [6.45, 7) is 9.80. The van der Waals surface area contributed by atoms with Crippen molar-refractivity contribution in [2.75, 3.05) is 25.0 Å². The molecule has 0 bridgehead atoms. The predicted octanol–water partition coefficient (Wildman–Crippen LogP) is 3.66. The largest absolute Gasteiger partial charge is 0.483 e. The van der Waals surface area contributed by atoms with Crippen LogP contribution in [0.1, 0.15) is 30.5 Å². The molecule has 2 rings (SSSR count). The number of carbonyl (C=O) groups is 1. The van der Waals surface area contributed by atoms with Crippen molar-refractivity contribution in [2.45, 2.75) is 39.5 Å². The van der Waals surface area contributed by atoms with Gasteiger partial charge < -0.3 is 10.1 Å². The number of carbonyl (C=O) groups excluding carboxylic acids is 1. The fourth-order valence-electron chi connectivity index (χ4n) is 2.87. The molecule has 0 heterocycles. The van der Waals surface area contributed by atoms with Crippen molar-refractivity contribution in [1.82, 2.24) is 4.31 Å². The van der Waals surface area contributed by atoms with E-state index in [4.69, 9.17) is 4.74 Å². The quantitative estimate of drug-likeness (QED) is 0.728. The topological polar surface area (TPSA) is 75.7 Å². The van der Waals surface area contributed by atoms with Gasteiger partial charge in [-0.2, -0.15) is 4.31 Å². The van der Waals surface area contributed by atoms with E-state index in [-0.39, 0.29) is 17.4 Å². The van der Waals surface area contributed by atoms with Crippen LogP contribution in [-0.4, -0.2) is 38.3 Å². The Balaban J connectivity index is 2.22. The van der Waals surface area contributed by atoms with E-state index in [1.54, 1.807) is 26.0 Å². The van der Waals surface area contributed by atoms with E-state index in [2.05, 4.69) is 5.32 Å². The molecule has 1 amide bonds. The van der Waals surface area contributed by atoms with E-state index in [1.807, 2.05) is 39.0 Å². The Labute approximate surface area is 167 Å². The van der Waals surface area contributed by atoms with Crippen LogP contribution in [0.2, 0.25) is 0 Å². The molecular weight excluding hydrogens is 376 g/mol. The van der Waals surface area contributed by atoms with Gasteiger partial charge in [0.1, 0.15) is 5.75 Å². The zero-order valence-electron chi connectivity index (χ0n) is 17.1. The highest BCUT2D eigenvalue weighted by Gasteiger charge is 2.23. The van der Waals surface area contributed by atoms with Crippen LogP contribution in [0.15, 0.2) is 41.3 Å². The van der Waals surface area contributed by atoms with Crippen LogP contribution in [0.5, 0.6) is 5.75 Å². The number of anilines is 1. The normalized spacial score (nSPS) is 11.5. The minimum Gasteiger partial charge on any atom is -0.483 e. The lowest BCUT2D eigenvalue weighted by Gasteiger charge is -2.20. The third kappa shape index (κ3) is 4.91. The number of benzene rings is 2.